The van der Waals surface area contributed by atoms with E-state index in [1.165, 1.54) is 35.9 Å². The molecule has 3 rings (SSSR count). The van der Waals surface area contributed by atoms with Crippen molar-refractivity contribution in [2.75, 3.05) is 7.11 Å². The first-order valence-electron chi connectivity index (χ1n) is 8.66. The van der Waals surface area contributed by atoms with Gasteiger partial charge in [-0.05, 0) is 59.9 Å². The Balaban J connectivity index is 1.78. The molecule has 0 spiro atoms. The van der Waals surface area contributed by atoms with Crippen molar-refractivity contribution in [3.63, 3.8) is 0 Å². The van der Waals surface area contributed by atoms with Gasteiger partial charge in [-0.25, -0.2) is 9.18 Å². The van der Waals surface area contributed by atoms with E-state index in [2.05, 4.69) is 42.8 Å². The molecule has 0 fully saturated rings. The molecule has 0 atom stereocenters. The predicted octanol–water partition coefficient (Wildman–Crippen LogP) is 5.48. The average Bonchev–Trinajstić information content (AvgIpc) is 2.66. The molecule has 0 saturated carbocycles. The Kier molecular flexibility index (Phi) is 5.55. The van der Waals surface area contributed by atoms with Crippen molar-refractivity contribution in [3.05, 3.63) is 88.7 Å². The van der Waals surface area contributed by atoms with E-state index in [4.69, 9.17) is 4.74 Å². The van der Waals surface area contributed by atoms with E-state index in [1.54, 1.807) is 6.07 Å². The quantitative estimate of drug-likeness (QED) is 0.563. The lowest BCUT2D eigenvalue weighted by molar-refractivity contribution is 0.0595. The van der Waals surface area contributed by atoms with Crippen LogP contribution in [0.3, 0.4) is 0 Å². The summed E-state index contributed by atoms with van der Waals surface area (Å²) in [5.74, 6) is -1.01. The third kappa shape index (κ3) is 4.17. The van der Waals surface area contributed by atoms with Crippen molar-refractivity contribution in [2.45, 2.75) is 20.5 Å². The number of esters is 1. The van der Waals surface area contributed by atoms with Crippen molar-refractivity contribution >= 4 is 5.97 Å². The number of aryl methyl sites for hydroxylation is 2. The lowest BCUT2D eigenvalue weighted by Gasteiger charge is -2.12. The molecule has 3 nitrogen and oxygen atoms in total. The number of ether oxygens (including phenoxy) is 2. The van der Waals surface area contributed by atoms with E-state index >= 15 is 0 Å². The third-order valence-electron chi connectivity index (χ3n) is 4.45. The lowest BCUT2D eigenvalue weighted by atomic mass is 9.95. The lowest BCUT2D eigenvalue weighted by Crippen LogP contribution is -2.05. The number of hydrogen-bond donors (Lipinski definition) is 0. The average molecular weight is 364 g/mol. The molecule has 3 aromatic carbocycles. The van der Waals surface area contributed by atoms with Crippen molar-refractivity contribution in [1.29, 1.82) is 0 Å². The topological polar surface area (TPSA) is 35.5 Å². The van der Waals surface area contributed by atoms with Gasteiger partial charge in [0.25, 0.3) is 0 Å². The second-order valence-electron chi connectivity index (χ2n) is 6.39. The van der Waals surface area contributed by atoms with Crippen molar-refractivity contribution in [2.24, 2.45) is 0 Å². The molecule has 0 saturated heterocycles. The second kappa shape index (κ2) is 8.04. The molecular formula is C23H21FO3. The third-order valence-corrected chi connectivity index (χ3v) is 4.45. The van der Waals surface area contributed by atoms with Crippen molar-refractivity contribution in [1.82, 2.24) is 0 Å². The van der Waals surface area contributed by atoms with Crippen molar-refractivity contribution < 1.29 is 18.7 Å². The number of rotatable bonds is 5. The first-order valence-corrected chi connectivity index (χ1v) is 8.66. The Morgan fingerprint density at radius 1 is 0.963 bits per heavy atom. The molecule has 0 aliphatic carbocycles. The summed E-state index contributed by atoms with van der Waals surface area (Å²) in [6, 6.07) is 18.5. The van der Waals surface area contributed by atoms with Crippen LogP contribution < -0.4 is 4.74 Å². The van der Waals surface area contributed by atoms with Gasteiger partial charge >= 0.3 is 5.97 Å². The normalized spacial score (nSPS) is 10.5. The van der Waals surface area contributed by atoms with Crippen LogP contribution in [0.4, 0.5) is 4.39 Å². The van der Waals surface area contributed by atoms with E-state index in [-0.39, 0.29) is 5.56 Å². The minimum atomic E-state index is -0.708. The maximum absolute atomic E-state index is 14.0. The highest BCUT2D eigenvalue weighted by Crippen LogP contribution is 2.28. The number of hydrogen-bond acceptors (Lipinski definition) is 3. The summed E-state index contributed by atoms with van der Waals surface area (Å²) in [7, 11) is 1.22. The van der Waals surface area contributed by atoms with E-state index in [9.17, 15) is 9.18 Å². The van der Waals surface area contributed by atoms with E-state index in [1.807, 2.05) is 18.2 Å². The molecule has 3 aromatic rings. The van der Waals surface area contributed by atoms with E-state index in [0.29, 0.717) is 12.4 Å². The van der Waals surface area contributed by atoms with Gasteiger partial charge in [-0.15, -0.1) is 0 Å². The van der Waals surface area contributed by atoms with Crippen LogP contribution in [0.25, 0.3) is 11.1 Å². The van der Waals surface area contributed by atoms with E-state index in [0.717, 1.165) is 11.1 Å². The molecule has 0 heterocycles. The van der Waals surface area contributed by atoms with Crippen LogP contribution in [0.1, 0.15) is 27.0 Å². The zero-order chi connectivity index (χ0) is 19.4. The van der Waals surface area contributed by atoms with Crippen LogP contribution in [0.2, 0.25) is 0 Å². The summed E-state index contributed by atoms with van der Waals surface area (Å²) in [5, 5.41) is 0. The molecule has 0 radical (unpaired) electrons. The van der Waals surface area contributed by atoms with Gasteiger partial charge in [0, 0.05) is 6.07 Å². The Bertz CT molecular complexity index is 959. The van der Waals surface area contributed by atoms with E-state index < -0.39 is 11.8 Å². The summed E-state index contributed by atoms with van der Waals surface area (Å²) in [5.41, 5.74) is 5.64. The summed E-state index contributed by atoms with van der Waals surface area (Å²) >= 11 is 0. The first kappa shape index (κ1) is 18.6. The van der Waals surface area contributed by atoms with Gasteiger partial charge in [0.2, 0.25) is 0 Å². The van der Waals surface area contributed by atoms with Crippen LogP contribution >= 0.6 is 0 Å². The van der Waals surface area contributed by atoms with Gasteiger partial charge in [-0.2, -0.15) is 0 Å². The summed E-state index contributed by atoms with van der Waals surface area (Å²) in [6.45, 7) is 4.49. The smallest absolute Gasteiger partial charge is 0.340 e. The molecular weight excluding hydrogens is 343 g/mol. The van der Waals surface area contributed by atoms with Crippen LogP contribution in [0.5, 0.6) is 5.75 Å². The van der Waals surface area contributed by atoms with Crippen LogP contribution in [0, 0.1) is 19.7 Å². The Labute approximate surface area is 158 Å². The Morgan fingerprint density at radius 3 is 2.33 bits per heavy atom. The molecule has 0 unspecified atom stereocenters. The first-order chi connectivity index (χ1) is 13.0. The van der Waals surface area contributed by atoms with Gasteiger partial charge in [-0.1, -0.05) is 36.4 Å². The summed E-state index contributed by atoms with van der Waals surface area (Å²) < 4.78 is 24.2. The van der Waals surface area contributed by atoms with Gasteiger partial charge in [-0.3, -0.25) is 0 Å². The van der Waals surface area contributed by atoms with Gasteiger partial charge in [0.05, 0.1) is 12.7 Å². The molecule has 0 amide bonds. The van der Waals surface area contributed by atoms with Gasteiger partial charge in [0.15, 0.2) is 0 Å². The fraction of sp³-hybridized carbons (Fsp3) is 0.174. The van der Waals surface area contributed by atoms with Crippen LogP contribution in [-0.2, 0) is 11.3 Å². The number of carbonyl (C=O) groups excluding carboxylic acids is 1. The molecule has 0 aromatic heterocycles. The maximum Gasteiger partial charge on any atom is 0.340 e. The monoisotopic (exact) mass is 364 g/mol. The van der Waals surface area contributed by atoms with Gasteiger partial charge in [0.1, 0.15) is 18.2 Å². The Hall–Kier alpha value is -3.14. The van der Waals surface area contributed by atoms with Crippen molar-refractivity contribution in [3.8, 4) is 16.9 Å². The Morgan fingerprint density at radius 2 is 1.67 bits per heavy atom. The number of benzene rings is 3. The highest BCUT2D eigenvalue weighted by Gasteiger charge is 2.13. The van der Waals surface area contributed by atoms with Crippen LogP contribution in [-0.4, -0.2) is 13.1 Å². The number of halogens is 1. The largest absolute Gasteiger partial charge is 0.489 e. The van der Waals surface area contributed by atoms with Crippen LogP contribution in [0.15, 0.2) is 60.7 Å². The second-order valence-corrected chi connectivity index (χ2v) is 6.39. The number of carbonyl (C=O) groups is 1. The zero-order valence-corrected chi connectivity index (χ0v) is 15.6. The molecule has 0 N–H and O–H groups in total. The molecule has 0 bridgehead atoms. The fourth-order valence-electron chi connectivity index (χ4n) is 3.11. The fourth-order valence-corrected chi connectivity index (χ4v) is 3.11. The predicted molar refractivity (Wildman–Crippen MR) is 103 cm³/mol. The minimum Gasteiger partial charge on any atom is -0.489 e. The standard InChI is InChI=1S/C23H21FO3/c1-15-6-4-7-16(2)22(15)18-9-5-8-17(12-18)14-27-19-10-11-20(21(24)13-19)23(25)26-3/h4-13H,14H2,1-3H3. The SMILES string of the molecule is COC(=O)c1ccc(OCc2cccc(-c3c(C)cccc3C)c2)cc1F. The maximum atomic E-state index is 14.0. The molecule has 27 heavy (non-hydrogen) atoms. The zero-order valence-electron chi connectivity index (χ0n) is 15.6. The molecule has 138 valence electrons. The highest BCUT2D eigenvalue weighted by molar-refractivity contribution is 5.89. The minimum absolute atomic E-state index is 0.109. The number of methoxy groups -OCH3 is 1. The molecule has 4 heteroatoms. The molecule has 0 aliphatic rings. The summed E-state index contributed by atoms with van der Waals surface area (Å²) in [4.78, 5) is 11.4. The molecule has 0 aliphatic heterocycles. The van der Waals surface area contributed by atoms with Gasteiger partial charge < -0.3 is 9.47 Å². The summed E-state index contributed by atoms with van der Waals surface area (Å²) in [6.07, 6.45) is 0. The highest BCUT2D eigenvalue weighted by atomic mass is 19.1.